The summed E-state index contributed by atoms with van der Waals surface area (Å²) in [5.74, 6) is 0.817. The van der Waals surface area contributed by atoms with E-state index in [1.165, 1.54) is 17.3 Å². The summed E-state index contributed by atoms with van der Waals surface area (Å²) in [5, 5.41) is 11.0. The molecule has 12 heavy (non-hydrogen) atoms. The van der Waals surface area contributed by atoms with E-state index in [1.54, 1.807) is 0 Å². The first kappa shape index (κ1) is 10.1. The van der Waals surface area contributed by atoms with Crippen molar-refractivity contribution in [3.05, 3.63) is 0 Å². The monoisotopic (exact) mass is 283 g/mol. The predicted octanol–water partition coefficient (Wildman–Crippen LogP) is 2.25. The third kappa shape index (κ3) is 3.16. The van der Waals surface area contributed by atoms with Gasteiger partial charge in [0.2, 0.25) is 0 Å². The molecule has 0 aromatic carbocycles. The number of amides is 1. The Morgan fingerprint density at radius 1 is 1.42 bits per heavy atom. The summed E-state index contributed by atoms with van der Waals surface area (Å²) < 4.78 is 1.21. The van der Waals surface area contributed by atoms with Gasteiger partial charge in [-0.05, 0) is 31.6 Å². The first-order chi connectivity index (χ1) is 5.72. The number of nitrogens with one attached hydrogen (secondary N) is 1. The van der Waals surface area contributed by atoms with Crippen molar-refractivity contribution in [1.82, 2.24) is 5.32 Å². The quantitative estimate of drug-likeness (QED) is 0.603. The van der Waals surface area contributed by atoms with Crippen molar-refractivity contribution in [3.63, 3.8) is 0 Å². The Hall–Kier alpha value is 0. The molecule has 1 aliphatic carbocycles. The molecule has 1 amide bonds. The Morgan fingerprint density at radius 3 is 2.42 bits per heavy atom. The van der Waals surface area contributed by atoms with Crippen LogP contribution in [0.15, 0.2) is 0 Å². The molecule has 4 heteroatoms. The minimum absolute atomic E-state index is 0.210. The molecule has 1 rings (SSSR count). The van der Waals surface area contributed by atoms with Crippen molar-refractivity contribution in [2.45, 2.75) is 31.7 Å². The molecule has 0 unspecified atom stereocenters. The van der Waals surface area contributed by atoms with Crippen molar-refractivity contribution in [1.29, 1.82) is 0 Å². The number of alkyl halides is 1. The SMILES string of the molecule is O=C(O)N[C@H]1CC[C@H](CI)CC1. The summed E-state index contributed by atoms with van der Waals surface area (Å²) in [4.78, 5) is 10.3. The molecule has 0 spiro atoms. The zero-order valence-corrected chi connectivity index (χ0v) is 9.08. The van der Waals surface area contributed by atoms with Gasteiger partial charge in [0.25, 0.3) is 0 Å². The highest BCUT2D eigenvalue weighted by molar-refractivity contribution is 14.1. The van der Waals surface area contributed by atoms with Crippen LogP contribution in [-0.2, 0) is 0 Å². The predicted molar refractivity (Wildman–Crippen MR) is 55.8 cm³/mol. The van der Waals surface area contributed by atoms with E-state index in [2.05, 4.69) is 27.9 Å². The van der Waals surface area contributed by atoms with Crippen LogP contribution >= 0.6 is 22.6 Å². The summed E-state index contributed by atoms with van der Waals surface area (Å²) in [6, 6.07) is 0.210. The molecule has 3 nitrogen and oxygen atoms in total. The first-order valence-corrected chi connectivity index (χ1v) is 5.80. The van der Waals surface area contributed by atoms with Gasteiger partial charge in [-0.1, -0.05) is 22.6 Å². The van der Waals surface area contributed by atoms with Crippen molar-refractivity contribution >= 4 is 28.7 Å². The smallest absolute Gasteiger partial charge is 0.404 e. The molecular weight excluding hydrogens is 269 g/mol. The van der Waals surface area contributed by atoms with Gasteiger partial charge in [-0.15, -0.1) is 0 Å². The topological polar surface area (TPSA) is 49.3 Å². The van der Waals surface area contributed by atoms with Crippen LogP contribution in [0.3, 0.4) is 0 Å². The van der Waals surface area contributed by atoms with Crippen LogP contribution in [0.5, 0.6) is 0 Å². The standard InChI is InChI=1S/C8H14INO2/c9-5-6-1-3-7(4-2-6)10-8(11)12/h6-7,10H,1-5H2,(H,11,12)/t6-,7-. The molecule has 1 fully saturated rings. The van der Waals surface area contributed by atoms with E-state index in [9.17, 15) is 4.79 Å². The van der Waals surface area contributed by atoms with Gasteiger partial charge in [-0.3, -0.25) is 0 Å². The molecule has 2 N–H and O–H groups in total. The molecule has 0 atom stereocenters. The van der Waals surface area contributed by atoms with E-state index in [0.717, 1.165) is 18.8 Å². The number of carbonyl (C=O) groups is 1. The molecule has 0 heterocycles. The Labute approximate surface area is 86.1 Å². The largest absolute Gasteiger partial charge is 0.465 e. The van der Waals surface area contributed by atoms with E-state index in [1.807, 2.05) is 0 Å². The van der Waals surface area contributed by atoms with E-state index in [0.29, 0.717) is 0 Å². The minimum Gasteiger partial charge on any atom is -0.465 e. The second-order valence-electron chi connectivity index (χ2n) is 3.32. The van der Waals surface area contributed by atoms with E-state index in [4.69, 9.17) is 5.11 Å². The number of halogens is 1. The Balaban J connectivity index is 2.21. The highest BCUT2D eigenvalue weighted by Crippen LogP contribution is 2.25. The normalized spacial score (nSPS) is 29.8. The molecule has 0 aromatic heterocycles. The summed E-state index contributed by atoms with van der Waals surface area (Å²) >= 11 is 2.40. The van der Waals surface area contributed by atoms with Crippen molar-refractivity contribution in [3.8, 4) is 0 Å². The van der Waals surface area contributed by atoms with Gasteiger partial charge in [-0.2, -0.15) is 0 Å². The maximum atomic E-state index is 10.3. The highest BCUT2D eigenvalue weighted by atomic mass is 127. The Bertz CT molecular complexity index is 155. The number of hydrogen-bond acceptors (Lipinski definition) is 1. The van der Waals surface area contributed by atoms with Gasteiger partial charge in [0.05, 0.1) is 0 Å². The van der Waals surface area contributed by atoms with Gasteiger partial charge < -0.3 is 10.4 Å². The lowest BCUT2D eigenvalue weighted by molar-refractivity contribution is 0.183. The van der Waals surface area contributed by atoms with Crippen LogP contribution in [0.2, 0.25) is 0 Å². The van der Waals surface area contributed by atoms with Crippen LogP contribution in [-0.4, -0.2) is 21.7 Å². The van der Waals surface area contributed by atoms with Gasteiger partial charge in [-0.25, -0.2) is 4.79 Å². The third-order valence-corrected chi connectivity index (χ3v) is 3.64. The van der Waals surface area contributed by atoms with Crippen LogP contribution in [0, 0.1) is 5.92 Å². The first-order valence-electron chi connectivity index (χ1n) is 4.27. The fourth-order valence-electron chi connectivity index (χ4n) is 1.64. The molecule has 0 radical (unpaired) electrons. The summed E-state index contributed by atoms with van der Waals surface area (Å²) in [6.45, 7) is 0. The lowest BCUT2D eigenvalue weighted by Gasteiger charge is -2.26. The Morgan fingerprint density at radius 2 is 2.00 bits per heavy atom. The van der Waals surface area contributed by atoms with Crippen molar-refractivity contribution in [2.75, 3.05) is 4.43 Å². The average molecular weight is 283 g/mol. The number of rotatable bonds is 2. The average Bonchev–Trinajstić information content (AvgIpc) is 2.05. The van der Waals surface area contributed by atoms with E-state index >= 15 is 0 Å². The fraction of sp³-hybridized carbons (Fsp3) is 0.875. The van der Waals surface area contributed by atoms with Gasteiger partial charge >= 0.3 is 6.09 Å². The van der Waals surface area contributed by atoms with Crippen molar-refractivity contribution in [2.24, 2.45) is 5.92 Å². The minimum atomic E-state index is -0.882. The lowest BCUT2D eigenvalue weighted by Crippen LogP contribution is -2.36. The number of hydrogen-bond donors (Lipinski definition) is 2. The molecule has 1 aliphatic rings. The maximum absolute atomic E-state index is 10.3. The lowest BCUT2D eigenvalue weighted by atomic mass is 9.87. The van der Waals surface area contributed by atoms with Crippen LogP contribution in [0.25, 0.3) is 0 Å². The summed E-state index contributed by atoms with van der Waals surface area (Å²) in [5.41, 5.74) is 0. The summed E-state index contributed by atoms with van der Waals surface area (Å²) in [6.07, 6.45) is 3.50. The van der Waals surface area contributed by atoms with Gasteiger partial charge in [0.15, 0.2) is 0 Å². The Kier molecular flexibility index (Phi) is 4.11. The van der Waals surface area contributed by atoms with Gasteiger partial charge in [0.1, 0.15) is 0 Å². The highest BCUT2D eigenvalue weighted by Gasteiger charge is 2.20. The third-order valence-electron chi connectivity index (χ3n) is 2.39. The van der Waals surface area contributed by atoms with E-state index in [-0.39, 0.29) is 6.04 Å². The molecule has 70 valence electrons. The molecule has 0 saturated heterocycles. The maximum Gasteiger partial charge on any atom is 0.404 e. The molecule has 0 aliphatic heterocycles. The van der Waals surface area contributed by atoms with Crippen LogP contribution < -0.4 is 5.32 Å². The van der Waals surface area contributed by atoms with Crippen molar-refractivity contribution < 1.29 is 9.90 Å². The van der Waals surface area contributed by atoms with E-state index < -0.39 is 6.09 Å². The van der Waals surface area contributed by atoms with Gasteiger partial charge in [0, 0.05) is 10.5 Å². The zero-order valence-electron chi connectivity index (χ0n) is 6.92. The number of carboxylic acid groups (broad SMARTS) is 1. The molecule has 0 aromatic rings. The zero-order chi connectivity index (χ0) is 8.97. The molecule has 0 bridgehead atoms. The second kappa shape index (κ2) is 4.89. The fourth-order valence-corrected chi connectivity index (χ4v) is 2.52. The second-order valence-corrected chi connectivity index (χ2v) is 4.20. The van der Waals surface area contributed by atoms with Crippen LogP contribution in [0.1, 0.15) is 25.7 Å². The summed E-state index contributed by atoms with van der Waals surface area (Å²) in [7, 11) is 0. The molecule has 1 saturated carbocycles. The molecular formula is C8H14INO2. The van der Waals surface area contributed by atoms with Crippen LogP contribution in [0.4, 0.5) is 4.79 Å².